The number of carbonyl (C=O) groups excluding carboxylic acids is 1. The van der Waals surface area contributed by atoms with Crippen molar-refractivity contribution in [3.05, 3.63) is 71.0 Å². The van der Waals surface area contributed by atoms with E-state index in [1.165, 1.54) is 62.7 Å². The van der Waals surface area contributed by atoms with Crippen LogP contribution in [0.25, 0.3) is 22.0 Å². The Labute approximate surface area is 220 Å². The number of alkyl halides is 2. The highest BCUT2D eigenvalue weighted by Crippen LogP contribution is 2.42. The molecule has 0 fully saturated rings. The predicted octanol–water partition coefficient (Wildman–Crippen LogP) is 2.70. The van der Waals surface area contributed by atoms with Gasteiger partial charge in [0.05, 0.1) is 23.1 Å². The molecule has 1 aliphatic rings. The van der Waals surface area contributed by atoms with Gasteiger partial charge in [-0.15, -0.1) is 8.78 Å². The summed E-state index contributed by atoms with van der Waals surface area (Å²) < 4.78 is 65.1. The van der Waals surface area contributed by atoms with Crippen LogP contribution in [0.2, 0.25) is 0 Å². The molecule has 11 nitrogen and oxygen atoms in total. The smallest absolute Gasteiger partial charge is 0.497 e. The van der Waals surface area contributed by atoms with Crippen molar-refractivity contribution in [2.75, 3.05) is 19.1 Å². The van der Waals surface area contributed by atoms with Gasteiger partial charge in [0.2, 0.25) is 15.9 Å². The number of likely N-dealkylation sites (N-methyl/N-ethyl adjacent to an activating group) is 1. The molecule has 0 atom stereocenters. The maximum absolute atomic E-state index is 13.4. The fourth-order valence-electron chi connectivity index (χ4n) is 4.04. The molecule has 0 saturated carbocycles. The Kier molecular flexibility index (Phi) is 6.23. The van der Waals surface area contributed by atoms with Crippen LogP contribution in [-0.4, -0.2) is 44.6 Å². The van der Waals surface area contributed by atoms with Crippen LogP contribution in [0.4, 0.5) is 14.5 Å². The number of benzene rings is 3. The first-order valence-electron chi connectivity index (χ1n) is 11.2. The summed E-state index contributed by atoms with van der Waals surface area (Å²) in [6.07, 6.45) is -3.81. The maximum Gasteiger partial charge on any atom is 0.586 e. The monoisotopic (exact) mass is 558 g/mol. The topological polar surface area (TPSA) is 143 Å². The molecular weight excluding hydrogens is 538 g/mol. The van der Waals surface area contributed by atoms with Gasteiger partial charge in [0.1, 0.15) is 12.3 Å². The molecule has 2 heterocycles. The van der Waals surface area contributed by atoms with E-state index < -0.39 is 34.3 Å². The van der Waals surface area contributed by atoms with Crippen molar-refractivity contribution in [3.63, 3.8) is 0 Å². The minimum Gasteiger partial charge on any atom is -0.497 e. The summed E-state index contributed by atoms with van der Waals surface area (Å²) in [6, 6.07) is 14.2. The first-order chi connectivity index (χ1) is 18.4. The molecule has 39 heavy (non-hydrogen) atoms. The van der Waals surface area contributed by atoms with Crippen LogP contribution in [0, 0.1) is 0 Å². The van der Waals surface area contributed by atoms with Crippen molar-refractivity contribution in [3.8, 4) is 28.5 Å². The molecule has 4 aromatic rings. The molecule has 5 rings (SSSR count). The average Bonchev–Trinajstić information content (AvgIpc) is 3.22. The third-order valence-electron chi connectivity index (χ3n) is 6.05. The summed E-state index contributed by atoms with van der Waals surface area (Å²) in [4.78, 5) is 27.5. The molecule has 1 aromatic heterocycles. The van der Waals surface area contributed by atoms with Crippen LogP contribution in [-0.2, 0) is 21.4 Å². The Morgan fingerprint density at radius 2 is 1.74 bits per heavy atom. The van der Waals surface area contributed by atoms with Gasteiger partial charge >= 0.3 is 6.29 Å². The second-order valence-electron chi connectivity index (χ2n) is 8.54. The van der Waals surface area contributed by atoms with Crippen LogP contribution in [0.1, 0.15) is 0 Å². The third-order valence-corrected chi connectivity index (χ3v) is 6.98. The second kappa shape index (κ2) is 9.32. The van der Waals surface area contributed by atoms with Gasteiger partial charge in [0, 0.05) is 29.8 Å². The fraction of sp³-hybridized carbons (Fsp3) is 0.160. The summed E-state index contributed by atoms with van der Waals surface area (Å²) >= 11 is 0. The molecule has 1 aliphatic heterocycles. The SMILES string of the molecule is COc1ccc2c(-c3ccc(S(N)(=O)=O)cc3)nn(CC(=O)N(C)c3ccc4c(c3)OC(F)(F)O4)c(=O)c2c1. The number of halogens is 2. The number of rotatable bonds is 6. The van der Waals surface area contributed by atoms with E-state index in [1.807, 2.05) is 0 Å². The van der Waals surface area contributed by atoms with E-state index in [-0.39, 0.29) is 27.5 Å². The first kappa shape index (κ1) is 26.1. The zero-order valence-corrected chi connectivity index (χ0v) is 21.2. The summed E-state index contributed by atoms with van der Waals surface area (Å²) in [7, 11) is -1.09. The highest BCUT2D eigenvalue weighted by molar-refractivity contribution is 7.89. The van der Waals surface area contributed by atoms with Crippen molar-refractivity contribution < 1.29 is 36.2 Å². The summed E-state index contributed by atoms with van der Waals surface area (Å²) in [5.74, 6) is -0.610. The number of amides is 1. The summed E-state index contributed by atoms with van der Waals surface area (Å²) in [5.41, 5.74) is 0.396. The van der Waals surface area contributed by atoms with E-state index in [9.17, 15) is 26.8 Å². The number of fused-ring (bicyclic) bond motifs is 2. The average molecular weight is 559 g/mol. The van der Waals surface area contributed by atoms with E-state index >= 15 is 0 Å². The number of sulfonamides is 1. The molecule has 0 unspecified atom stereocenters. The van der Waals surface area contributed by atoms with Crippen molar-refractivity contribution in [1.82, 2.24) is 9.78 Å². The number of hydrogen-bond donors (Lipinski definition) is 1. The summed E-state index contributed by atoms with van der Waals surface area (Å²) in [5, 5.41) is 10.2. The van der Waals surface area contributed by atoms with Gasteiger partial charge in [-0.2, -0.15) is 5.10 Å². The Bertz CT molecular complexity index is 1790. The lowest BCUT2D eigenvalue weighted by Crippen LogP contribution is -2.35. The number of anilines is 1. The molecule has 1 amide bonds. The van der Waals surface area contributed by atoms with Crippen LogP contribution in [0.5, 0.6) is 17.2 Å². The molecule has 202 valence electrons. The number of nitrogens with zero attached hydrogens (tertiary/aromatic N) is 3. The number of hydrogen-bond acceptors (Lipinski definition) is 8. The standard InChI is InChI=1S/C25H20F2N4O7S/c1-30(15-5-10-20-21(11-15)38-25(26,27)37-20)22(32)13-31-24(33)19-12-16(36-2)6-9-18(19)23(29-31)14-3-7-17(8-4-14)39(28,34)35/h3-12H,13H2,1-2H3,(H2,28,34,35). The number of primary sulfonamides is 1. The Hall–Kier alpha value is -4.56. The summed E-state index contributed by atoms with van der Waals surface area (Å²) in [6.45, 7) is -0.505. The van der Waals surface area contributed by atoms with Gasteiger partial charge in [0.15, 0.2) is 11.5 Å². The Morgan fingerprint density at radius 1 is 1.05 bits per heavy atom. The minimum atomic E-state index is -3.93. The van der Waals surface area contributed by atoms with Crippen molar-refractivity contribution >= 4 is 32.4 Å². The second-order valence-corrected chi connectivity index (χ2v) is 10.1. The van der Waals surface area contributed by atoms with Gasteiger partial charge < -0.3 is 19.1 Å². The molecular formula is C25H20F2N4O7S. The Balaban J connectivity index is 1.54. The molecule has 14 heteroatoms. The van der Waals surface area contributed by atoms with E-state index in [0.717, 1.165) is 9.58 Å². The quantitative estimate of drug-likeness (QED) is 0.381. The minimum absolute atomic E-state index is 0.108. The first-order valence-corrected chi connectivity index (χ1v) is 12.8. The molecule has 3 aromatic carbocycles. The van der Waals surface area contributed by atoms with Gasteiger partial charge in [-0.1, -0.05) is 12.1 Å². The predicted molar refractivity (Wildman–Crippen MR) is 135 cm³/mol. The van der Waals surface area contributed by atoms with Crippen molar-refractivity contribution in [2.45, 2.75) is 17.7 Å². The van der Waals surface area contributed by atoms with Gasteiger partial charge in [0.25, 0.3) is 5.56 Å². The Morgan fingerprint density at radius 3 is 2.41 bits per heavy atom. The number of ether oxygens (including phenoxy) is 3. The molecule has 2 N–H and O–H groups in total. The van der Waals surface area contributed by atoms with Crippen LogP contribution >= 0.6 is 0 Å². The van der Waals surface area contributed by atoms with E-state index in [0.29, 0.717) is 22.4 Å². The van der Waals surface area contributed by atoms with E-state index in [4.69, 9.17) is 9.88 Å². The normalized spacial score (nSPS) is 13.9. The van der Waals surface area contributed by atoms with Crippen molar-refractivity contribution in [2.24, 2.45) is 5.14 Å². The van der Waals surface area contributed by atoms with Crippen molar-refractivity contribution in [1.29, 1.82) is 0 Å². The lowest BCUT2D eigenvalue weighted by Gasteiger charge is -2.19. The molecule has 0 aliphatic carbocycles. The molecule has 0 saturated heterocycles. The number of nitrogens with two attached hydrogens (primary N) is 1. The maximum atomic E-state index is 13.4. The molecule has 0 radical (unpaired) electrons. The van der Waals surface area contributed by atoms with Gasteiger partial charge in [-0.25, -0.2) is 18.2 Å². The zero-order chi connectivity index (χ0) is 28.1. The van der Waals surface area contributed by atoms with Crippen LogP contribution < -0.4 is 29.8 Å². The van der Waals surface area contributed by atoms with Crippen LogP contribution in [0.15, 0.2) is 70.4 Å². The third kappa shape index (κ3) is 4.98. The van der Waals surface area contributed by atoms with E-state index in [2.05, 4.69) is 14.6 Å². The fourth-order valence-corrected chi connectivity index (χ4v) is 4.56. The highest BCUT2D eigenvalue weighted by atomic mass is 32.2. The van der Waals surface area contributed by atoms with Crippen LogP contribution in [0.3, 0.4) is 0 Å². The lowest BCUT2D eigenvalue weighted by molar-refractivity contribution is -0.286. The lowest BCUT2D eigenvalue weighted by atomic mass is 10.0. The number of aromatic nitrogens is 2. The largest absolute Gasteiger partial charge is 0.586 e. The molecule has 0 spiro atoms. The van der Waals surface area contributed by atoms with Gasteiger partial charge in [-0.05, 0) is 42.5 Å². The van der Waals surface area contributed by atoms with E-state index in [1.54, 1.807) is 12.1 Å². The van der Waals surface area contributed by atoms with Gasteiger partial charge in [-0.3, -0.25) is 9.59 Å². The number of carbonyl (C=O) groups is 1. The zero-order valence-electron chi connectivity index (χ0n) is 20.4. The number of methoxy groups -OCH3 is 1. The molecule has 0 bridgehead atoms. The highest BCUT2D eigenvalue weighted by Gasteiger charge is 2.43.